The average Bonchev–Trinajstić information content (AvgIpc) is 2.34. The Kier molecular flexibility index (Phi) is 5.09. The minimum Gasteiger partial charge on any atom is -0.331 e. The lowest BCUT2D eigenvalue weighted by atomic mass is 9.96. The maximum absolute atomic E-state index is 11.6. The van der Waals surface area contributed by atoms with Gasteiger partial charge in [-0.1, -0.05) is 50.1 Å². The number of carbonyl (C=O) groups is 1. The van der Waals surface area contributed by atoms with E-state index in [9.17, 15) is 4.79 Å². The first kappa shape index (κ1) is 13.1. The Morgan fingerprint density at radius 1 is 1.35 bits per heavy atom. The van der Waals surface area contributed by atoms with Gasteiger partial charge in [0.05, 0.1) is 12.6 Å². The van der Waals surface area contributed by atoms with Crippen LogP contribution in [0.1, 0.15) is 25.5 Å². The summed E-state index contributed by atoms with van der Waals surface area (Å²) in [4.78, 5) is 11.6. The highest BCUT2D eigenvalue weighted by Gasteiger charge is 2.17. The smallest absolute Gasteiger partial charge is 0.316 e. The van der Waals surface area contributed by atoms with E-state index in [1.165, 1.54) is 0 Å². The molecule has 0 bridgehead atoms. The van der Waals surface area contributed by atoms with Gasteiger partial charge in [0.15, 0.2) is 0 Å². The molecule has 0 saturated carbocycles. The number of rotatable bonds is 4. The van der Waals surface area contributed by atoms with Gasteiger partial charge in [0.1, 0.15) is 0 Å². The summed E-state index contributed by atoms with van der Waals surface area (Å²) >= 11 is 0. The van der Waals surface area contributed by atoms with Gasteiger partial charge in [0.2, 0.25) is 0 Å². The van der Waals surface area contributed by atoms with Gasteiger partial charge >= 0.3 is 6.03 Å². The van der Waals surface area contributed by atoms with Gasteiger partial charge < -0.3 is 10.6 Å². The molecule has 17 heavy (non-hydrogen) atoms. The zero-order valence-electron chi connectivity index (χ0n) is 10.2. The fourth-order valence-corrected chi connectivity index (χ4v) is 1.62. The van der Waals surface area contributed by atoms with Crippen molar-refractivity contribution in [1.82, 2.24) is 10.6 Å². The van der Waals surface area contributed by atoms with E-state index in [-0.39, 0.29) is 18.6 Å². The van der Waals surface area contributed by atoms with Crippen LogP contribution in [-0.2, 0) is 0 Å². The third-order valence-corrected chi connectivity index (χ3v) is 2.46. The summed E-state index contributed by atoms with van der Waals surface area (Å²) in [6.45, 7) is 4.38. The summed E-state index contributed by atoms with van der Waals surface area (Å²) in [7, 11) is 0. The molecular weight excluding hydrogens is 212 g/mol. The minimum absolute atomic E-state index is 0.00558. The van der Waals surface area contributed by atoms with Crippen molar-refractivity contribution in [3.05, 3.63) is 35.9 Å². The van der Waals surface area contributed by atoms with Gasteiger partial charge in [-0.15, -0.1) is 6.42 Å². The summed E-state index contributed by atoms with van der Waals surface area (Å²) in [6.07, 6.45) is 5.09. The predicted octanol–water partition coefficient (Wildman–Crippen LogP) is 2.32. The predicted molar refractivity (Wildman–Crippen MR) is 69.4 cm³/mol. The van der Waals surface area contributed by atoms with Gasteiger partial charge in [0, 0.05) is 0 Å². The van der Waals surface area contributed by atoms with E-state index in [1.54, 1.807) is 0 Å². The number of amides is 2. The molecule has 0 heterocycles. The molecule has 1 atom stereocenters. The summed E-state index contributed by atoms with van der Waals surface area (Å²) < 4.78 is 0. The Labute approximate surface area is 103 Å². The Balaban J connectivity index is 2.69. The maximum Gasteiger partial charge on any atom is 0.316 e. The topological polar surface area (TPSA) is 41.1 Å². The van der Waals surface area contributed by atoms with Crippen LogP contribution < -0.4 is 10.6 Å². The summed E-state index contributed by atoms with van der Waals surface area (Å²) in [5.74, 6) is 2.68. The zero-order valence-corrected chi connectivity index (χ0v) is 10.2. The van der Waals surface area contributed by atoms with Crippen molar-refractivity contribution in [2.75, 3.05) is 6.54 Å². The van der Waals surface area contributed by atoms with Crippen LogP contribution in [0.15, 0.2) is 30.3 Å². The highest BCUT2D eigenvalue weighted by molar-refractivity contribution is 5.74. The SMILES string of the molecule is C#CCNC(=O)NC(c1ccccc1)C(C)C. The molecule has 2 amide bonds. The Morgan fingerprint density at radius 2 is 2.00 bits per heavy atom. The van der Waals surface area contributed by atoms with Gasteiger partial charge in [-0.2, -0.15) is 0 Å². The fraction of sp³-hybridized carbons (Fsp3) is 0.357. The van der Waals surface area contributed by atoms with Crippen LogP contribution in [0.4, 0.5) is 4.79 Å². The molecule has 3 heteroatoms. The molecule has 0 aliphatic rings. The van der Waals surface area contributed by atoms with Crippen LogP contribution in [0.25, 0.3) is 0 Å². The normalized spacial score (nSPS) is 11.6. The van der Waals surface area contributed by atoms with Crippen molar-refractivity contribution in [2.45, 2.75) is 19.9 Å². The van der Waals surface area contributed by atoms with Crippen molar-refractivity contribution in [1.29, 1.82) is 0 Å². The molecule has 0 spiro atoms. The van der Waals surface area contributed by atoms with Crippen LogP contribution in [0, 0.1) is 18.3 Å². The number of urea groups is 1. The van der Waals surface area contributed by atoms with Crippen LogP contribution in [0.2, 0.25) is 0 Å². The molecule has 0 aliphatic carbocycles. The number of hydrogen-bond acceptors (Lipinski definition) is 1. The van der Waals surface area contributed by atoms with Crippen LogP contribution in [0.5, 0.6) is 0 Å². The molecule has 1 aromatic rings. The average molecular weight is 230 g/mol. The van der Waals surface area contributed by atoms with E-state index in [4.69, 9.17) is 6.42 Å². The second-order valence-electron chi connectivity index (χ2n) is 4.16. The van der Waals surface area contributed by atoms with Gasteiger partial charge in [-0.3, -0.25) is 0 Å². The largest absolute Gasteiger partial charge is 0.331 e. The van der Waals surface area contributed by atoms with E-state index < -0.39 is 0 Å². The van der Waals surface area contributed by atoms with E-state index in [0.717, 1.165) is 5.56 Å². The molecule has 0 aliphatic heterocycles. The fourth-order valence-electron chi connectivity index (χ4n) is 1.62. The second kappa shape index (κ2) is 6.59. The van der Waals surface area contributed by atoms with E-state index in [1.807, 2.05) is 30.3 Å². The van der Waals surface area contributed by atoms with Crippen LogP contribution in [0.3, 0.4) is 0 Å². The van der Waals surface area contributed by atoms with E-state index in [2.05, 4.69) is 30.4 Å². The molecular formula is C14H18N2O. The van der Waals surface area contributed by atoms with Gasteiger partial charge in [-0.25, -0.2) is 4.79 Å². The highest BCUT2D eigenvalue weighted by Crippen LogP contribution is 2.20. The molecule has 1 rings (SSSR count). The lowest BCUT2D eigenvalue weighted by molar-refractivity contribution is 0.234. The van der Waals surface area contributed by atoms with Crippen molar-refractivity contribution in [3.63, 3.8) is 0 Å². The molecule has 0 radical (unpaired) electrons. The Bertz CT molecular complexity index is 392. The molecule has 2 N–H and O–H groups in total. The number of benzene rings is 1. The molecule has 1 aromatic carbocycles. The third kappa shape index (κ3) is 4.20. The van der Waals surface area contributed by atoms with Gasteiger partial charge in [-0.05, 0) is 11.5 Å². The van der Waals surface area contributed by atoms with E-state index in [0.29, 0.717) is 5.92 Å². The lowest BCUT2D eigenvalue weighted by Crippen LogP contribution is -2.39. The third-order valence-electron chi connectivity index (χ3n) is 2.46. The second-order valence-corrected chi connectivity index (χ2v) is 4.16. The number of hydrogen-bond donors (Lipinski definition) is 2. The Hall–Kier alpha value is -1.95. The molecule has 0 fully saturated rings. The maximum atomic E-state index is 11.6. The van der Waals surface area contributed by atoms with Crippen LogP contribution in [-0.4, -0.2) is 12.6 Å². The molecule has 1 unspecified atom stereocenters. The standard InChI is InChI=1S/C14H18N2O/c1-4-10-15-14(17)16-13(11(2)3)12-8-6-5-7-9-12/h1,5-9,11,13H,10H2,2-3H3,(H2,15,16,17). The lowest BCUT2D eigenvalue weighted by Gasteiger charge is -2.22. The first-order valence-electron chi connectivity index (χ1n) is 5.68. The quantitative estimate of drug-likeness (QED) is 0.766. The van der Waals surface area contributed by atoms with Crippen molar-refractivity contribution in [2.24, 2.45) is 5.92 Å². The summed E-state index contributed by atoms with van der Waals surface area (Å²) in [6, 6.07) is 9.66. The molecule has 3 nitrogen and oxygen atoms in total. The first-order valence-corrected chi connectivity index (χ1v) is 5.68. The summed E-state index contributed by atoms with van der Waals surface area (Å²) in [5.41, 5.74) is 1.10. The monoisotopic (exact) mass is 230 g/mol. The number of nitrogens with one attached hydrogen (secondary N) is 2. The molecule has 0 aromatic heterocycles. The minimum atomic E-state index is -0.231. The molecule has 90 valence electrons. The van der Waals surface area contributed by atoms with Crippen LogP contribution >= 0.6 is 0 Å². The number of terminal acetylenes is 1. The van der Waals surface area contributed by atoms with Crippen molar-refractivity contribution >= 4 is 6.03 Å². The van der Waals surface area contributed by atoms with Crippen molar-refractivity contribution in [3.8, 4) is 12.3 Å². The number of carbonyl (C=O) groups excluding carboxylic acids is 1. The Morgan fingerprint density at radius 3 is 2.53 bits per heavy atom. The van der Waals surface area contributed by atoms with Crippen molar-refractivity contribution < 1.29 is 4.79 Å². The van der Waals surface area contributed by atoms with Gasteiger partial charge in [0.25, 0.3) is 0 Å². The summed E-state index contributed by atoms with van der Waals surface area (Å²) in [5, 5.41) is 5.52. The molecule has 0 saturated heterocycles. The first-order chi connectivity index (χ1) is 8.15. The zero-order chi connectivity index (χ0) is 12.7. The highest BCUT2D eigenvalue weighted by atomic mass is 16.2. The van der Waals surface area contributed by atoms with E-state index >= 15 is 0 Å².